The molecule has 0 bridgehead atoms. The number of carbonyl (C=O) groups is 1. The van der Waals surface area contributed by atoms with Crippen LogP contribution in [0.5, 0.6) is 0 Å². The molecule has 0 aliphatic rings. The second kappa shape index (κ2) is 7.48. The second-order valence-electron chi connectivity index (χ2n) is 6.71. The minimum absolute atomic E-state index is 0.0699. The summed E-state index contributed by atoms with van der Waals surface area (Å²) < 4.78 is 28.3. The number of fused-ring (bicyclic) bond motifs is 1. The van der Waals surface area contributed by atoms with Crippen molar-refractivity contribution in [3.05, 3.63) is 65.9 Å². The number of esters is 1. The molecule has 1 aromatic heterocycles. The number of hydrogen-bond acceptors (Lipinski definition) is 5. The van der Waals surface area contributed by atoms with E-state index in [1.54, 1.807) is 24.4 Å². The highest BCUT2D eigenvalue weighted by molar-refractivity contribution is 7.90. The van der Waals surface area contributed by atoms with Gasteiger partial charge in [-0.1, -0.05) is 25.1 Å². The number of rotatable bonds is 5. The summed E-state index contributed by atoms with van der Waals surface area (Å²) >= 11 is 0. The van der Waals surface area contributed by atoms with Gasteiger partial charge in [0, 0.05) is 23.4 Å². The topological polar surface area (TPSA) is 73.3 Å². The van der Waals surface area contributed by atoms with Gasteiger partial charge < -0.3 is 4.74 Å². The zero-order valence-electron chi connectivity index (χ0n) is 15.5. The van der Waals surface area contributed by atoms with Crippen molar-refractivity contribution in [1.82, 2.24) is 4.98 Å². The van der Waals surface area contributed by atoms with Gasteiger partial charge in [0.2, 0.25) is 0 Å². The molecule has 140 valence electrons. The van der Waals surface area contributed by atoms with Crippen LogP contribution < -0.4 is 0 Å². The zero-order chi connectivity index (χ0) is 19.6. The molecule has 0 fully saturated rings. The summed E-state index contributed by atoms with van der Waals surface area (Å²) in [6.07, 6.45) is 2.96. The maximum Gasteiger partial charge on any atom is 0.337 e. The van der Waals surface area contributed by atoms with Gasteiger partial charge in [-0.15, -0.1) is 0 Å². The van der Waals surface area contributed by atoms with Crippen molar-refractivity contribution in [2.24, 2.45) is 0 Å². The van der Waals surface area contributed by atoms with Gasteiger partial charge in [-0.2, -0.15) is 0 Å². The van der Waals surface area contributed by atoms with E-state index in [1.165, 1.54) is 13.4 Å². The van der Waals surface area contributed by atoms with Crippen molar-refractivity contribution >= 4 is 26.7 Å². The van der Waals surface area contributed by atoms with E-state index >= 15 is 0 Å². The maximum absolute atomic E-state index is 11.9. The molecule has 6 heteroatoms. The number of carbonyl (C=O) groups excluding carboxylic acids is 1. The lowest BCUT2D eigenvalue weighted by Crippen LogP contribution is -2.10. The van der Waals surface area contributed by atoms with Crippen LogP contribution in [0.15, 0.2) is 54.7 Å². The van der Waals surface area contributed by atoms with Crippen LogP contribution in [0, 0.1) is 0 Å². The summed E-state index contributed by atoms with van der Waals surface area (Å²) in [6.45, 7) is 1.90. The minimum Gasteiger partial charge on any atom is -0.465 e. The van der Waals surface area contributed by atoms with Gasteiger partial charge in [-0.25, -0.2) is 13.2 Å². The van der Waals surface area contributed by atoms with E-state index in [1.807, 2.05) is 37.3 Å². The Kier molecular flexibility index (Phi) is 5.28. The molecule has 0 radical (unpaired) electrons. The number of ether oxygens (including phenoxy) is 1. The Morgan fingerprint density at radius 2 is 1.93 bits per heavy atom. The molecule has 2 aromatic carbocycles. The Hall–Kier alpha value is -2.73. The SMILES string of the molecule is COC(=O)c1cccc(-c2cc(C(C)CS(C)(=O)=O)cc3cccnc23)c1. The van der Waals surface area contributed by atoms with E-state index < -0.39 is 15.8 Å². The standard InChI is InChI=1S/C21H21NO4S/c1-14(13-27(3,24)25)18-11-16-8-5-9-22-20(16)19(12-18)15-6-4-7-17(10-15)21(23)26-2/h4-12,14H,13H2,1-3H3. The summed E-state index contributed by atoms with van der Waals surface area (Å²) in [5.41, 5.74) is 3.85. The molecule has 1 heterocycles. The van der Waals surface area contributed by atoms with Crippen LogP contribution in [0.2, 0.25) is 0 Å². The third-order valence-electron chi connectivity index (χ3n) is 4.44. The van der Waals surface area contributed by atoms with Crippen LogP contribution >= 0.6 is 0 Å². The van der Waals surface area contributed by atoms with Crippen molar-refractivity contribution in [3.63, 3.8) is 0 Å². The molecule has 0 amide bonds. The molecule has 0 spiro atoms. The maximum atomic E-state index is 11.9. The normalized spacial score (nSPS) is 12.7. The number of nitrogens with zero attached hydrogens (tertiary/aromatic N) is 1. The first-order chi connectivity index (χ1) is 12.8. The van der Waals surface area contributed by atoms with E-state index in [-0.39, 0.29) is 11.7 Å². The Labute approximate surface area is 158 Å². The molecule has 27 heavy (non-hydrogen) atoms. The highest BCUT2D eigenvalue weighted by atomic mass is 32.2. The number of hydrogen-bond donors (Lipinski definition) is 0. The highest BCUT2D eigenvalue weighted by Crippen LogP contribution is 2.32. The fraction of sp³-hybridized carbons (Fsp3) is 0.238. The fourth-order valence-corrected chi connectivity index (χ4v) is 4.30. The fourth-order valence-electron chi connectivity index (χ4n) is 3.20. The molecule has 0 N–H and O–H groups in total. The first-order valence-corrected chi connectivity index (χ1v) is 10.6. The third kappa shape index (κ3) is 4.34. The number of pyridine rings is 1. The predicted octanol–water partition coefficient (Wildman–Crippen LogP) is 3.84. The molecule has 1 atom stereocenters. The van der Waals surface area contributed by atoms with Crippen LogP contribution in [0.3, 0.4) is 0 Å². The molecule has 0 aliphatic heterocycles. The Morgan fingerprint density at radius 1 is 1.15 bits per heavy atom. The summed E-state index contributed by atoms with van der Waals surface area (Å²) in [5.74, 6) is -0.497. The molecule has 3 aromatic rings. The zero-order valence-corrected chi connectivity index (χ0v) is 16.3. The van der Waals surface area contributed by atoms with Crippen LogP contribution in [0.1, 0.15) is 28.8 Å². The summed E-state index contributed by atoms with van der Waals surface area (Å²) in [4.78, 5) is 16.4. The average molecular weight is 383 g/mol. The van der Waals surface area contributed by atoms with Gasteiger partial charge in [0.1, 0.15) is 9.84 Å². The Balaban J connectivity index is 2.18. The van der Waals surface area contributed by atoms with Gasteiger partial charge in [0.05, 0.1) is 23.9 Å². The molecule has 0 saturated heterocycles. The van der Waals surface area contributed by atoms with Gasteiger partial charge in [0.15, 0.2) is 0 Å². The van der Waals surface area contributed by atoms with Gasteiger partial charge in [-0.05, 0) is 47.4 Å². The molecule has 1 unspecified atom stereocenters. The van der Waals surface area contributed by atoms with Crippen molar-refractivity contribution in [3.8, 4) is 11.1 Å². The largest absolute Gasteiger partial charge is 0.465 e. The minimum atomic E-state index is -3.10. The summed E-state index contributed by atoms with van der Waals surface area (Å²) in [6, 6.07) is 14.9. The first kappa shape index (κ1) is 19.0. The average Bonchev–Trinajstić information content (AvgIpc) is 2.65. The Bertz CT molecular complexity index is 1110. The molecule has 5 nitrogen and oxygen atoms in total. The third-order valence-corrected chi connectivity index (χ3v) is 5.55. The van der Waals surface area contributed by atoms with Crippen molar-refractivity contribution < 1.29 is 17.9 Å². The van der Waals surface area contributed by atoms with E-state index in [4.69, 9.17) is 4.74 Å². The highest BCUT2D eigenvalue weighted by Gasteiger charge is 2.17. The van der Waals surface area contributed by atoms with Crippen LogP contribution in [0.4, 0.5) is 0 Å². The lowest BCUT2D eigenvalue weighted by atomic mass is 9.93. The number of aromatic nitrogens is 1. The lowest BCUT2D eigenvalue weighted by Gasteiger charge is -2.15. The van der Waals surface area contributed by atoms with Crippen molar-refractivity contribution in [1.29, 1.82) is 0 Å². The van der Waals surface area contributed by atoms with E-state index in [2.05, 4.69) is 4.98 Å². The summed E-state index contributed by atoms with van der Waals surface area (Å²) in [5, 5.41) is 0.925. The molecular formula is C21H21NO4S. The van der Waals surface area contributed by atoms with Gasteiger partial charge >= 0.3 is 5.97 Å². The quantitative estimate of drug-likeness (QED) is 0.626. The summed E-state index contributed by atoms with van der Waals surface area (Å²) in [7, 11) is -1.75. The van der Waals surface area contributed by atoms with Crippen LogP contribution in [-0.4, -0.2) is 38.5 Å². The molecule has 0 aliphatic carbocycles. The van der Waals surface area contributed by atoms with E-state index in [0.717, 1.165) is 27.6 Å². The monoisotopic (exact) mass is 383 g/mol. The Morgan fingerprint density at radius 3 is 2.63 bits per heavy atom. The van der Waals surface area contributed by atoms with E-state index in [9.17, 15) is 13.2 Å². The number of benzene rings is 2. The van der Waals surface area contributed by atoms with Crippen LogP contribution in [-0.2, 0) is 14.6 Å². The van der Waals surface area contributed by atoms with Crippen molar-refractivity contribution in [2.45, 2.75) is 12.8 Å². The number of sulfone groups is 1. The smallest absolute Gasteiger partial charge is 0.337 e. The van der Waals surface area contributed by atoms with E-state index in [0.29, 0.717) is 5.56 Å². The second-order valence-corrected chi connectivity index (χ2v) is 8.89. The molecule has 0 saturated carbocycles. The first-order valence-electron chi connectivity index (χ1n) is 8.53. The van der Waals surface area contributed by atoms with Gasteiger partial charge in [-0.3, -0.25) is 4.98 Å². The van der Waals surface area contributed by atoms with Crippen LogP contribution in [0.25, 0.3) is 22.0 Å². The molecule has 3 rings (SSSR count). The van der Waals surface area contributed by atoms with Crippen molar-refractivity contribution in [2.75, 3.05) is 19.1 Å². The predicted molar refractivity (Wildman–Crippen MR) is 107 cm³/mol. The molecular weight excluding hydrogens is 362 g/mol. The number of methoxy groups -OCH3 is 1. The van der Waals surface area contributed by atoms with Gasteiger partial charge in [0.25, 0.3) is 0 Å². The lowest BCUT2D eigenvalue weighted by molar-refractivity contribution is 0.0601.